The number of amides is 1. The van der Waals surface area contributed by atoms with E-state index in [2.05, 4.69) is 15.1 Å². The Hall–Kier alpha value is -3.69. The number of carboxylic acid groups (broad SMARTS) is 1. The van der Waals surface area contributed by atoms with Crippen LogP contribution in [0, 0.1) is 0 Å². The Labute approximate surface area is 172 Å². The number of imidazole rings is 1. The van der Waals surface area contributed by atoms with E-state index in [1.807, 2.05) is 60.5 Å². The molecule has 0 atom stereocenters. The first-order valence-electron chi connectivity index (χ1n) is 9.58. The summed E-state index contributed by atoms with van der Waals surface area (Å²) < 4.78 is 9.32. The molecule has 0 aliphatic heterocycles. The first-order chi connectivity index (χ1) is 14.3. The summed E-state index contributed by atoms with van der Waals surface area (Å²) in [5.41, 5.74) is 0.940. The molecule has 3 heterocycles. The van der Waals surface area contributed by atoms with Gasteiger partial charge in [0.05, 0.1) is 24.9 Å². The number of carbonyl (C=O) groups is 1. The molecule has 0 radical (unpaired) electrons. The SMILES string of the molecule is CC(C)(C)N(Cc1noc(-c2nn(CCn3ccnc3)c3ccccc23)n1)C(=O)O. The van der Waals surface area contributed by atoms with Crippen molar-refractivity contribution in [3.8, 4) is 11.6 Å². The zero-order valence-electron chi connectivity index (χ0n) is 17.1. The maximum atomic E-state index is 11.6. The van der Waals surface area contributed by atoms with Crippen molar-refractivity contribution in [3.63, 3.8) is 0 Å². The van der Waals surface area contributed by atoms with Gasteiger partial charge in [-0.05, 0) is 26.8 Å². The van der Waals surface area contributed by atoms with Crippen molar-refractivity contribution in [2.75, 3.05) is 0 Å². The summed E-state index contributed by atoms with van der Waals surface area (Å²) in [7, 11) is 0. The third kappa shape index (κ3) is 3.88. The van der Waals surface area contributed by atoms with E-state index in [1.54, 1.807) is 12.5 Å². The highest BCUT2D eigenvalue weighted by Crippen LogP contribution is 2.27. The first kappa shape index (κ1) is 19.6. The molecule has 0 saturated carbocycles. The molecule has 0 unspecified atom stereocenters. The molecule has 0 aliphatic carbocycles. The molecule has 156 valence electrons. The minimum absolute atomic E-state index is 0.0294. The van der Waals surface area contributed by atoms with Crippen LogP contribution in [0.4, 0.5) is 4.79 Å². The molecule has 1 N–H and O–H groups in total. The average Bonchev–Trinajstić information content (AvgIpc) is 3.43. The van der Waals surface area contributed by atoms with E-state index in [4.69, 9.17) is 9.62 Å². The summed E-state index contributed by atoms with van der Waals surface area (Å²) in [6, 6.07) is 7.82. The molecule has 1 aromatic carbocycles. The van der Waals surface area contributed by atoms with Crippen LogP contribution < -0.4 is 0 Å². The Balaban J connectivity index is 1.63. The Kier molecular flexibility index (Phi) is 4.98. The molecule has 1 amide bonds. The fourth-order valence-electron chi connectivity index (χ4n) is 3.23. The van der Waals surface area contributed by atoms with Gasteiger partial charge in [0.25, 0.3) is 5.89 Å². The van der Waals surface area contributed by atoms with E-state index in [1.165, 1.54) is 4.90 Å². The highest BCUT2D eigenvalue weighted by molar-refractivity contribution is 5.91. The number of fused-ring (bicyclic) bond motifs is 1. The van der Waals surface area contributed by atoms with Crippen LogP contribution in [-0.4, -0.2) is 51.1 Å². The molecule has 0 aliphatic rings. The molecule has 4 rings (SSSR count). The Morgan fingerprint density at radius 2 is 2.03 bits per heavy atom. The third-order valence-electron chi connectivity index (χ3n) is 4.80. The molecule has 10 heteroatoms. The van der Waals surface area contributed by atoms with Crippen LogP contribution in [0.1, 0.15) is 26.6 Å². The summed E-state index contributed by atoms with van der Waals surface area (Å²) in [4.78, 5) is 21.3. The minimum atomic E-state index is -1.04. The topological polar surface area (TPSA) is 115 Å². The number of aromatic nitrogens is 6. The molecular formula is C20H23N7O3. The largest absolute Gasteiger partial charge is 0.465 e. The van der Waals surface area contributed by atoms with Gasteiger partial charge in [0.2, 0.25) is 0 Å². The monoisotopic (exact) mass is 409 g/mol. The first-order valence-corrected chi connectivity index (χ1v) is 9.58. The second-order valence-electron chi connectivity index (χ2n) is 7.94. The van der Waals surface area contributed by atoms with Gasteiger partial charge in [-0.3, -0.25) is 9.58 Å². The number of aryl methyl sites for hydroxylation is 2. The second kappa shape index (κ2) is 7.62. The maximum absolute atomic E-state index is 11.6. The fourth-order valence-corrected chi connectivity index (χ4v) is 3.23. The van der Waals surface area contributed by atoms with Crippen molar-refractivity contribution in [1.29, 1.82) is 0 Å². The molecular weight excluding hydrogens is 386 g/mol. The molecule has 3 aromatic heterocycles. The minimum Gasteiger partial charge on any atom is -0.465 e. The Bertz CT molecular complexity index is 1150. The van der Waals surface area contributed by atoms with E-state index >= 15 is 0 Å². The van der Waals surface area contributed by atoms with E-state index in [0.29, 0.717) is 18.1 Å². The summed E-state index contributed by atoms with van der Waals surface area (Å²) in [5.74, 6) is 0.557. The van der Waals surface area contributed by atoms with Gasteiger partial charge >= 0.3 is 6.09 Å². The number of nitrogens with zero attached hydrogens (tertiary/aromatic N) is 7. The predicted octanol–water partition coefficient (Wildman–Crippen LogP) is 3.26. The molecule has 0 fully saturated rings. The Morgan fingerprint density at radius 3 is 2.73 bits per heavy atom. The zero-order chi connectivity index (χ0) is 21.3. The van der Waals surface area contributed by atoms with E-state index in [0.717, 1.165) is 17.4 Å². The molecule has 10 nitrogen and oxygen atoms in total. The number of hydrogen-bond acceptors (Lipinski definition) is 6. The van der Waals surface area contributed by atoms with Crippen molar-refractivity contribution < 1.29 is 14.4 Å². The van der Waals surface area contributed by atoms with Crippen molar-refractivity contribution in [1.82, 2.24) is 34.4 Å². The van der Waals surface area contributed by atoms with Crippen molar-refractivity contribution in [3.05, 3.63) is 48.8 Å². The van der Waals surface area contributed by atoms with E-state index < -0.39 is 11.6 Å². The van der Waals surface area contributed by atoms with Crippen LogP contribution in [0.15, 0.2) is 47.5 Å². The van der Waals surface area contributed by atoms with Crippen LogP contribution in [0.25, 0.3) is 22.5 Å². The van der Waals surface area contributed by atoms with E-state index in [9.17, 15) is 9.90 Å². The van der Waals surface area contributed by atoms with E-state index in [-0.39, 0.29) is 12.4 Å². The maximum Gasteiger partial charge on any atom is 0.408 e. The van der Waals surface area contributed by atoms with Crippen molar-refractivity contribution >= 4 is 17.0 Å². The number of rotatable bonds is 6. The van der Waals surface area contributed by atoms with Gasteiger partial charge < -0.3 is 14.2 Å². The number of para-hydroxylation sites is 1. The van der Waals surface area contributed by atoms with Crippen LogP contribution in [0.3, 0.4) is 0 Å². The van der Waals surface area contributed by atoms with Gasteiger partial charge in [-0.2, -0.15) is 10.1 Å². The molecule has 0 saturated heterocycles. The van der Waals surface area contributed by atoms with Crippen LogP contribution >= 0.6 is 0 Å². The van der Waals surface area contributed by atoms with Crippen molar-refractivity contribution in [2.45, 2.75) is 45.9 Å². The summed E-state index contributed by atoms with van der Waals surface area (Å²) in [6.45, 7) is 6.85. The van der Waals surface area contributed by atoms with Gasteiger partial charge in [0.15, 0.2) is 11.5 Å². The molecule has 0 bridgehead atoms. The Morgan fingerprint density at radius 1 is 1.23 bits per heavy atom. The highest BCUT2D eigenvalue weighted by Gasteiger charge is 2.28. The van der Waals surface area contributed by atoms with Gasteiger partial charge in [-0.15, -0.1) is 0 Å². The highest BCUT2D eigenvalue weighted by atomic mass is 16.5. The molecule has 0 spiro atoms. The number of hydrogen-bond donors (Lipinski definition) is 1. The molecule has 30 heavy (non-hydrogen) atoms. The summed E-state index contributed by atoms with van der Waals surface area (Å²) >= 11 is 0. The van der Waals surface area contributed by atoms with Gasteiger partial charge in [0, 0.05) is 29.9 Å². The van der Waals surface area contributed by atoms with Crippen LogP contribution in [-0.2, 0) is 19.6 Å². The van der Waals surface area contributed by atoms with Gasteiger partial charge in [-0.1, -0.05) is 23.4 Å². The number of benzene rings is 1. The van der Waals surface area contributed by atoms with Crippen LogP contribution in [0.2, 0.25) is 0 Å². The lowest BCUT2D eigenvalue weighted by molar-refractivity contribution is 0.0932. The quantitative estimate of drug-likeness (QED) is 0.520. The lowest BCUT2D eigenvalue weighted by Gasteiger charge is -2.31. The third-order valence-corrected chi connectivity index (χ3v) is 4.80. The average molecular weight is 409 g/mol. The fraction of sp³-hybridized carbons (Fsp3) is 0.350. The summed E-state index contributed by atoms with van der Waals surface area (Å²) in [5, 5.41) is 19.1. The smallest absolute Gasteiger partial charge is 0.408 e. The standard InChI is InChI=1S/C20H23N7O3/c1-20(2,3)26(19(28)29)12-16-22-18(30-24-16)17-14-6-4-5-7-15(14)27(23-17)11-10-25-9-8-21-13-25/h4-9,13H,10-12H2,1-3H3,(H,28,29). The van der Waals surface area contributed by atoms with Crippen LogP contribution in [0.5, 0.6) is 0 Å². The summed E-state index contributed by atoms with van der Waals surface area (Å²) in [6.07, 6.45) is 4.37. The molecule has 4 aromatic rings. The lowest BCUT2D eigenvalue weighted by Crippen LogP contribution is -2.44. The predicted molar refractivity (Wildman–Crippen MR) is 109 cm³/mol. The normalized spacial score (nSPS) is 11.8. The van der Waals surface area contributed by atoms with Crippen molar-refractivity contribution in [2.24, 2.45) is 0 Å². The second-order valence-corrected chi connectivity index (χ2v) is 7.94. The lowest BCUT2D eigenvalue weighted by atomic mass is 10.1. The zero-order valence-corrected chi connectivity index (χ0v) is 17.1. The van der Waals surface area contributed by atoms with Gasteiger partial charge in [-0.25, -0.2) is 9.78 Å². The van der Waals surface area contributed by atoms with Gasteiger partial charge in [0.1, 0.15) is 0 Å².